The summed E-state index contributed by atoms with van der Waals surface area (Å²) in [6, 6.07) is 2.88. The molecule has 2 unspecified atom stereocenters. The molecule has 1 N–H and O–H groups in total. The van der Waals surface area contributed by atoms with Gasteiger partial charge in [0, 0.05) is 21.9 Å². The monoisotopic (exact) mass is 301 g/mol. The molecular weight excluding hydrogens is 282 g/mol. The first-order chi connectivity index (χ1) is 7.81. The maximum atomic E-state index is 3.75. The Kier molecular flexibility index (Phi) is 4.86. The van der Waals surface area contributed by atoms with Crippen LogP contribution >= 0.6 is 27.3 Å². The standard InChI is InChI=1S/C13H20BrNS/c1-2-10-5-3-4-6-12(10)15-9-13-11(14)7-8-16-13/h7-8,10,12,15H,2-6,9H2,1H3. The largest absolute Gasteiger partial charge is 0.309 e. The van der Waals surface area contributed by atoms with E-state index in [0.717, 1.165) is 18.5 Å². The molecule has 2 atom stereocenters. The van der Waals surface area contributed by atoms with E-state index in [1.165, 1.54) is 41.5 Å². The molecule has 0 bridgehead atoms. The topological polar surface area (TPSA) is 12.0 Å². The second-order valence-electron chi connectivity index (χ2n) is 4.63. The molecule has 0 spiro atoms. The van der Waals surface area contributed by atoms with Crippen LogP contribution in [0.15, 0.2) is 15.9 Å². The fourth-order valence-corrected chi connectivity index (χ4v) is 4.08. The lowest BCUT2D eigenvalue weighted by Crippen LogP contribution is -2.37. The molecule has 0 amide bonds. The van der Waals surface area contributed by atoms with Crippen molar-refractivity contribution in [1.82, 2.24) is 5.32 Å². The van der Waals surface area contributed by atoms with Gasteiger partial charge in [0.15, 0.2) is 0 Å². The Morgan fingerprint density at radius 3 is 2.94 bits per heavy atom. The van der Waals surface area contributed by atoms with Gasteiger partial charge in [0.2, 0.25) is 0 Å². The fourth-order valence-electron chi connectivity index (χ4n) is 2.64. The molecule has 0 aliphatic heterocycles. The van der Waals surface area contributed by atoms with Gasteiger partial charge in [0.05, 0.1) is 0 Å². The van der Waals surface area contributed by atoms with E-state index in [1.54, 1.807) is 0 Å². The molecule has 1 heterocycles. The van der Waals surface area contributed by atoms with Crippen molar-refractivity contribution in [3.05, 3.63) is 20.8 Å². The third-order valence-corrected chi connectivity index (χ3v) is 5.58. The maximum Gasteiger partial charge on any atom is 0.0327 e. The van der Waals surface area contributed by atoms with Crippen LogP contribution in [-0.4, -0.2) is 6.04 Å². The van der Waals surface area contributed by atoms with Crippen LogP contribution in [0.4, 0.5) is 0 Å². The number of nitrogens with one attached hydrogen (secondary N) is 1. The van der Waals surface area contributed by atoms with Gasteiger partial charge < -0.3 is 5.32 Å². The van der Waals surface area contributed by atoms with Crippen LogP contribution in [0, 0.1) is 5.92 Å². The zero-order valence-electron chi connectivity index (χ0n) is 9.84. The molecule has 3 heteroatoms. The van der Waals surface area contributed by atoms with Gasteiger partial charge in [-0.3, -0.25) is 0 Å². The lowest BCUT2D eigenvalue weighted by atomic mass is 9.83. The molecule has 0 radical (unpaired) electrons. The Balaban J connectivity index is 1.86. The number of thiophene rings is 1. The summed E-state index contributed by atoms with van der Waals surface area (Å²) in [6.45, 7) is 3.35. The van der Waals surface area contributed by atoms with Crippen molar-refractivity contribution in [3.63, 3.8) is 0 Å². The molecule has 1 nitrogen and oxygen atoms in total. The zero-order chi connectivity index (χ0) is 11.4. The minimum absolute atomic E-state index is 0.743. The Morgan fingerprint density at radius 1 is 1.44 bits per heavy atom. The van der Waals surface area contributed by atoms with Gasteiger partial charge in [-0.25, -0.2) is 0 Å². The third-order valence-electron chi connectivity index (χ3n) is 3.65. The van der Waals surface area contributed by atoms with Crippen molar-refractivity contribution in [1.29, 1.82) is 0 Å². The minimum Gasteiger partial charge on any atom is -0.309 e. The molecule has 90 valence electrons. The number of hydrogen-bond donors (Lipinski definition) is 1. The summed E-state index contributed by atoms with van der Waals surface area (Å²) in [5.74, 6) is 0.896. The summed E-state index contributed by atoms with van der Waals surface area (Å²) in [4.78, 5) is 1.43. The highest BCUT2D eigenvalue weighted by Crippen LogP contribution is 2.28. The van der Waals surface area contributed by atoms with Gasteiger partial charge in [-0.15, -0.1) is 11.3 Å². The highest BCUT2D eigenvalue weighted by molar-refractivity contribution is 9.10. The van der Waals surface area contributed by atoms with Crippen molar-refractivity contribution >= 4 is 27.3 Å². The van der Waals surface area contributed by atoms with Crippen LogP contribution in [0.25, 0.3) is 0 Å². The summed E-state index contributed by atoms with van der Waals surface area (Å²) in [5, 5.41) is 5.90. The lowest BCUT2D eigenvalue weighted by molar-refractivity contribution is 0.255. The van der Waals surface area contributed by atoms with Gasteiger partial charge in [-0.05, 0) is 46.1 Å². The highest BCUT2D eigenvalue weighted by Gasteiger charge is 2.23. The van der Waals surface area contributed by atoms with Crippen molar-refractivity contribution in [3.8, 4) is 0 Å². The minimum atomic E-state index is 0.743. The average Bonchev–Trinajstić information content (AvgIpc) is 2.72. The van der Waals surface area contributed by atoms with Gasteiger partial charge in [0.1, 0.15) is 0 Å². The molecule has 1 fully saturated rings. The number of halogens is 1. The Morgan fingerprint density at radius 2 is 2.25 bits per heavy atom. The van der Waals surface area contributed by atoms with Crippen LogP contribution in [0.1, 0.15) is 43.9 Å². The molecule has 1 aliphatic rings. The van der Waals surface area contributed by atoms with Gasteiger partial charge in [-0.1, -0.05) is 26.2 Å². The van der Waals surface area contributed by atoms with E-state index in [4.69, 9.17) is 0 Å². The first kappa shape index (κ1) is 12.6. The van der Waals surface area contributed by atoms with Crippen molar-refractivity contribution < 1.29 is 0 Å². The smallest absolute Gasteiger partial charge is 0.0327 e. The van der Waals surface area contributed by atoms with Crippen LogP contribution in [0.3, 0.4) is 0 Å². The molecule has 2 rings (SSSR count). The van der Waals surface area contributed by atoms with Gasteiger partial charge in [-0.2, -0.15) is 0 Å². The molecule has 0 aromatic carbocycles. The zero-order valence-corrected chi connectivity index (χ0v) is 12.2. The molecular formula is C13H20BrNS. The van der Waals surface area contributed by atoms with Gasteiger partial charge in [0.25, 0.3) is 0 Å². The Bertz CT molecular complexity index is 323. The Labute approximate surface area is 111 Å². The molecule has 1 saturated carbocycles. The van der Waals surface area contributed by atoms with Crippen molar-refractivity contribution in [2.75, 3.05) is 0 Å². The molecule has 0 saturated heterocycles. The van der Waals surface area contributed by atoms with Crippen molar-refractivity contribution in [2.24, 2.45) is 5.92 Å². The molecule has 1 aromatic rings. The Hall–Kier alpha value is 0.140. The van der Waals surface area contributed by atoms with Crippen LogP contribution < -0.4 is 5.32 Å². The fraction of sp³-hybridized carbons (Fsp3) is 0.692. The quantitative estimate of drug-likeness (QED) is 0.859. The summed E-state index contributed by atoms with van der Waals surface area (Å²) in [7, 11) is 0. The highest BCUT2D eigenvalue weighted by atomic mass is 79.9. The van der Waals surface area contributed by atoms with Gasteiger partial charge >= 0.3 is 0 Å². The van der Waals surface area contributed by atoms with E-state index in [1.807, 2.05) is 11.3 Å². The van der Waals surface area contributed by atoms with Crippen molar-refractivity contribution in [2.45, 2.75) is 51.6 Å². The van der Waals surface area contributed by atoms with Crippen LogP contribution in [0.5, 0.6) is 0 Å². The third kappa shape index (κ3) is 3.08. The summed E-state index contributed by atoms with van der Waals surface area (Å²) in [5.41, 5.74) is 0. The predicted molar refractivity (Wildman–Crippen MR) is 74.9 cm³/mol. The molecule has 1 aromatic heterocycles. The van der Waals surface area contributed by atoms with E-state index >= 15 is 0 Å². The first-order valence-corrected chi connectivity index (χ1v) is 7.93. The van der Waals surface area contributed by atoms with E-state index < -0.39 is 0 Å². The van der Waals surface area contributed by atoms with E-state index in [-0.39, 0.29) is 0 Å². The second-order valence-corrected chi connectivity index (χ2v) is 6.49. The molecule has 16 heavy (non-hydrogen) atoms. The SMILES string of the molecule is CCC1CCCCC1NCc1sccc1Br. The summed E-state index contributed by atoms with van der Waals surface area (Å²) >= 11 is 5.43. The second kappa shape index (κ2) is 6.18. The molecule has 1 aliphatic carbocycles. The maximum absolute atomic E-state index is 3.75. The number of rotatable bonds is 4. The predicted octanol–water partition coefficient (Wildman–Crippen LogP) is 4.57. The summed E-state index contributed by atoms with van der Waals surface area (Å²) in [6.07, 6.45) is 6.93. The van der Waals surface area contributed by atoms with E-state index in [9.17, 15) is 0 Å². The van der Waals surface area contributed by atoms with Crippen LogP contribution in [-0.2, 0) is 6.54 Å². The first-order valence-electron chi connectivity index (χ1n) is 6.26. The number of hydrogen-bond acceptors (Lipinski definition) is 2. The van der Waals surface area contributed by atoms with E-state index in [2.05, 4.69) is 39.6 Å². The van der Waals surface area contributed by atoms with E-state index in [0.29, 0.717) is 0 Å². The normalized spacial score (nSPS) is 25.9. The van der Waals surface area contributed by atoms with Crippen LogP contribution in [0.2, 0.25) is 0 Å². The summed E-state index contributed by atoms with van der Waals surface area (Å²) < 4.78 is 1.26. The lowest BCUT2D eigenvalue weighted by Gasteiger charge is -2.31. The average molecular weight is 302 g/mol.